The number of carbonyl (C=O) groups excluding carboxylic acids is 2. The molecule has 0 aliphatic carbocycles. The summed E-state index contributed by atoms with van der Waals surface area (Å²) in [6.45, 7) is 8.25. The predicted molar refractivity (Wildman–Crippen MR) is 141 cm³/mol. The van der Waals surface area contributed by atoms with Crippen molar-refractivity contribution in [2.75, 3.05) is 19.7 Å². The highest BCUT2D eigenvalue weighted by atomic mass is 16.5. The van der Waals surface area contributed by atoms with E-state index in [4.69, 9.17) is 9.84 Å². The van der Waals surface area contributed by atoms with Gasteiger partial charge in [-0.2, -0.15) is 0 Å². The number of aliphatic hydroxyl groups is 1. The molecule has 5 rings (SSSR count). The van der Waals surface area contributed by atoms with Crippen molar-refractivity contribution in [2.24, 2.45) is 17.8 Å². The Bertz CT molecular complexity index is 1280. The number of para-hydroxylation sites is 1. The third-order valence-corrected chi connectivity index (χ3v) is 9.01. The summed E-state index contributed by atoms with van der Waals surface area (Å²) >= 11 is 0. The summed E-state index contributed by atoms with van der Waals surface area (Å²) in [4.78, 5) is 44.1. The number of aliphatic carboxylic acids is 1. The monoisotopic (exact) mass is 539 g/mol. The molecule has 2 aromatic rings. The minimum Gasteiger partial charge on any atom is -0.481 e. The SMILES string of the molecule is C=CCN(Cn1nnc2ccccc21)C(=O)C1N(CCCCCCO)C(=O)[C@@H]2[C@H](C(=O)O)[C@@]3(C)OC12CC3C. The Balaban J connectivity index is 1.51. The second kappa shape index (κ2) is 10.3. The lowest BCUT2D eigenvalue weighted by Crippen LogP contribution is -2.56. The van der Waals surface area contributed by atoms with Crippen LogP contribution in [0.2, 0.25) is 0 Å². The van der Waals surface area contributed by atoms with Crippen LogP contribution >= 0.6 is 0 Å². The molecule has 3 unspecified atom stereocenters. The van der Waals surface area contributed by atoms with Crippen molar-refractivity contribution in [3.05, 3.63) is 36.9 Å². The molecule has 2 bridgehead atoms. The first-order chi connectivity index (χ1) is 18.7. The molecule has 1 spiro atoms. The van der Waals surface area contributed by atoms with Crippen molar-refractivity contribution in [1.29, 1.82) is 0 Å². The van der Waals surface area contributed by atoms with Crippen LogP contribution in [0, 0.1) is 17.8 Å². The summed E-state index contributed by atoms with van der Waals surface area (Å²) in [6.07, 6.45) is 4.94. The summed E-state index contributed by atoms with van der Waals surface area (Å²) < 4.78 is 8.22. The number of fused-ring (bicyclic) bond motifs is 2. The Labute approximate surface area is 227 Å². The van der Waals surface area contributed by atoms with E-state index >= 15 is 0 Å². The van der Waals surface area contributed by atoms with Gasteiger partial charge in [0, 0.05) is 19.7 Å². The Morgan fingerprint density at radius 2 is 2.00 bits per heavy atom. The first-order valence-corrected chi connectivity index (χ1v) is 13.7. The maximum atomic E-state index is 14.5. The van der Waals surface area contributed by atoms with Crippen molar-refractivity contribution in [2.45, 2.75) is 69.9 Å². The smallest absolute Gasteiger partial charge is 0.310 e. The second-order valence-corrected chi connectivity index (χ2v) is 11.3. The Kier molecular flexibility index (Phi) is 7.23. The lowest BCUT2D eigenvalue weighted by atomic mass is 9.62. The topological polar surface area (TPSA) is 138 Å². The number of hydrogen-bond acceptors (Lipinski definition) is 7. The van der Waals surface area contributed by atoms with Crippen molar-refractivity contribution in [3.63, 3.8) is 0 Å². The molecule has 3 fully saturated rings. The largest absolute Gasteiger partial charge is 0.481 e. The number of ether oxygens (including phenoxy) is 1. The van der Waals surface area contributed by atoms with Crippen LogP contribution in [0.25, 0.3) is 11.0 Å². The highest BCUT2D eigenvalue weighted by molar-refractivity contribution is 5.98. The third-order valence-electron chi connectivity index (χ3n) is 9.01. The van der Waals surface area contributed by atoms with E-state index in [1.165, 1.54) is 0 Å². The van der Waals surface area contributed by atoms with E-state index in [1.807, 2.05) is 31.2 Å². The molecule has 2 amide bonds. The average molecular weight is 540 g/mol. The lowest BCUT2D eigenvalue weighted by Gasteiger charge is -2.37. The van der Waals surface area contributed by atoms with E-state index in [2.05, 4.69) is 16.9 Å². The van der Waals surface area contributed by atoms with Gasteiger partial charge in [0.1, 0.15) is 29.7 Å². The number of carboxylic acids is 1. The van der Waals surface area contributed by atoms with Gasteiger partial charge >= 0.3 is 5.97 Å². The normalized spacial score (nSPS) is 31.2. The van der Waals surface area contributed by atoms with Gasteiger partial charge in [-0.1, -0.05) is 43.2 Å². The summed E-state index contributed by atoms with van der Waals surface area (Å²) in [5.74, 6) is -3.82. The predicted octanol–water partition coefficient (Wildman–Crippen LogP) is 2.05. The molecule has 210 valence electrons. The minimum atomic E-state index is -1.22. The van der Waals surface area contributed by atoms with Crippen LogP contribution in [0.4, 0.5) is 0 Å². The highest BCUT2D eigenvalue weighted by Crippen LogP contribution is 2.65. The standard InChI is InChI=1S/C28H37N5O6/c1-4-13-31(17-33-20-12-8-7-11-19(20)29-30-33)25(36)23-28-16-18(2)27(3,39-28)22(26(37)38)21(28)24(35)32(23)14-9-5-6-10-15-34/h4,7-8,11-12,18,21-23,34H,1,5-6,9-10,13-17H2,2-3H3,(H,37,38)/t18?,21-,22+,23?,27-,28?/m0/s1. The zero-order chi connectivity index (χ0) is 27.9. The maximum Gasteiger partial charge on any atom is 0.310 e. The summed E-state index contributed by atoms with van der Waals surface area (Å²) in [7, 11) is 0. The van der Waals surface area contributed by atoms with Gasteiger partial charge in [-0.3, -0.25) is 14.4 Å². The van der Waals surface area contributed by atoms with E-state index in [1.54, 1.807) is 27.5 Å². The number of unbranched alkanes of at least 4 members (excludes halogenated alkanes) is 3. The molecule has 3 aliphatic heterocycles. The summed E-state index contributed by atoms with van der Waals surface area (Å²) in [5, 5.41) is 27.8. The van der Waals surface area contributed by atoms with E-state index in [9.17, 15) is 19.5 Å². The fourth-order valence-corrected chi connectivity index (χ4v) is 7.11. The van der Waals surface area contributed by atoms with Crippen molar-refractivity contribution >= 4 is 28.8 Å². The van der Waals surface area contributed by atoms with Crippen LogP contribution in [0.1, 0.15) is 46.0 Å². The van der Waals surface area contributed by atoms with Crippen LogP contribution in [-0.2, 0) is 25.8 Å². The number of carbonyl (C=O) groups is 3. The van der Waals surface area contributed by atoms with E-state index in [0.29, 0.717) is 31.3 Å². The van der Waals surface area contributed by atoms with E-state index < -0.39 is 35.0 Å². The van der Waals surface area contributed by atoms with Gasteiger partial charge in [0.25, 0.3) is 0 Å². The van der Waals surface area contributed by atoms with Crippen LogP contribution in [0.5, 0.6) is 0 Å². The van der Waals surface area contributed by atoms with E-state index in [-0.39, 0.29) is 37.6 Å². The number of amides is 2. The molecule has 0 saturated carbocycles. The van der Waals surface area contributed by atoms with Crippen LogP contribution in [0.3, 0.4) is 0 Å². The number of likely N-dealkylation sites (tertiary alicyclic amines) is 1. The molecule has 2 N–H and O–H groups in total. The molecule has 3 aliphatic rings. The molecule has 39 heavy (non-hydrogen) atoms. The Morgan fingerprint density at radius 3 is 2.72 bits per heavy atom. The van der Waals surface area contributed by atoms with Crippen molar-refractivity contribution < 1.29 is 29.3 Å². The molecular formula is C28H37N5O6. The summed E-state index contributed by atoms with van der Waals surface area (Å²) in [6, 6.07) is 6.50. The maximum absolute atomic E-state index is 14.5. The lowest BCUT2D eigenvalue weighted by molar-refractivity contribution is -0.158. The molecular weight excluding hydrogens is 502 g/mol. The number of aliphatic hydroxyl groups excluding tert-OH is 1. The number of benzene rings is 1. The zero-order valence-electron chi connectivity index (χ0n) is 22.5. The molecule has 4 heterocycles. The third kappa shape index (κ3) is 4.22. The van der Waals surface area contributed by atoms with Gasteiger partial charge in [-0.05, 0) is 44.2 Å². The molecule has 11 nitrogen and oxygen atoms in total. The number of rotatable bonds is 12. The molecule has 1 aromatic heterocycles. The van der Waals surface area contributed by atoms with Crippen LogP contribution in [-0.4, -0.2) is 89.7 Å². The number of nitrogens with zero attached hydrogens (tertiary/aromatic N) is 5. The first-order valence-electron chi connectivity index (χ1n) is 13.7. The van der Waals surface area contributed by atoms with Gasteiger partial charge in [0.05, 0.1) is 17.0 Å². The summed E-state index contributed by atoms with van der Waals surface area (Å²) in [5.41, 5.74) is -0.792. The minimum absolute atomic E-state index is 0.0936. The van der Waals surface area contributed by atoms with Gasteiger partial charge in [-0.25, -0.2) is 4.68 Å². The quantitative estimate of drug-likeness (QED) is 0.309. The van der Waals surface area contributed by atoms with Crippen LogP contribution in [0.15, 0.2) is 36.9 Å². The van der Waals surface area contributed by atoms with Gasteiger partial charge in [-0.15, -0.1) is 11.7 Å². The molecule has 3 saturated heterocycles. The fraction of sp³-hybridized carbons (Fsp3) is 0.607. The second-order valence-electron chi connectivity index (χ2n) is 11.3. The average Bonchev–Trinajstić information content (AvgIpc) is 3.57. The first kappa shape index (κ1) is 27.3. The zero-order valence-corrected chi connectivity index (χ0v) is 22.5. The van der Waals surface area contributed by atoms with E-state index in [0.717, 1.165) is 18.4 Å². The van der Waals surface area contributed by atoms with Gasteiger partial charge in [0.2, 0.25) is 11.8 Å². The van der Waals surface area contributed by atoms with Gasteiger partial charge in [0.15, 0.2) is 0 Å². The van der Waals surface area contributed by atoms with Gasteiger partial charge < -0.3 is 24.7 Å². The highest BCUT2D eigenvalue weighted by Gasteiger charge is 2.80. The van der Waals surface area contributed by atoms with Crippen molar-refractivity contribution in [1.82, 2.24) is 24.8 Å². The van der Waals surface area contributed by atoms with Crippen LogP contribution < -0.4 is 0 Å². The number of aromatic nitrogens is 3. The number of hydrogen-bond donors (Lipinski definition) is 2. The Morgan fingerprint density at radius 1 is 1.26 bits per heavy atom. The molecule has 6 atom stereocenters. The van der Waals surface area contributed by atoms with Crippen molar-refractivity contribution in [3.8, 4) is 0 Å². The fourth-order valence-electron chi connectivity index (χ4n) is 7.11. The molecule has 1 aromatic carbocycles. The molecule has 11 heteroatoms. The number of carboxylic acid groups (broad SMARTS) is 1. The molecule has 0 radical (unpaired) electrons. The Hall–Kier alpha value is -3.31.